The lowest BCUT2D eigenvalue weighted by molar-refractivity contribution is -0.117. The van der Waals surface area contributed by atoms with Crippen molar-refractivity contribution >= 4 is 40.2 Å². The van der Waals surface area contributed by atoms with Crippen LogP contribution in [-0.4, -0.2) is 40.7 Å². The van der Waals surface area contributed by atoms with Gasteiger partial charge in [0.1, 0.15) is 25.2 Å². The van der Waals surface area contributed by atoms with Crippen LogP contribution >= 0.6 is 22.9 Å². The number of amides is 1. The molecular weight excluding hydrogens is 521 g/mol. The number of carbonyl (C=O) groups is 1. The number of hydrogen-bond donors (Lipinski definition) is 0. The Hall–Kier alpha value is -3.06. The van der Waals surface area contributed by atoms with Crippen molar-refractivity contribution in [1.82, 2.24) is 3.11 Å². The molecule has 1 aliphatic carbocycles. The zero-order valence-corrected chi connectivity index (χ0v) is 20.3. The third-order valence-corrected chi connectivity index (χ3v) is 4.87. The number of ether oxygens (including phenoxy) is 1. The van der Waals surface area contributed by atoms with E-state index in [1.807, 2.05) is 65.3 Å². The van der Waals surface area contributed by atoms with E-state index in [1.54, 1.807) is 20.0 Å². The van der Waals surface area contributed by atoms with E-state index in [-0.39, 0.29) is 18.2 Å². The largest absolute Gasteiger partial charge is 0.490 e. The maximum absolute atomic E-state index is 12.5. The van der Waals surface area contributed by atoms with Gasteiger partial charge in [-0.15, -0.1) is 0 Å². The molecule has 0 saturated heterocycles. The highest BCUT2D eigenvalue weighted by atomic mass is 127. The van der Waals surface area contributed by atoms with Gasteiger partial charge >= 0.3 is 0 Å². The third kappa shape index (κ3) is 6.99. The van der Waals surface area contributed by atoms with Gasteiger partial charge in [0.05, 0.1) is 29.0 Å². The first-order valence-corrected chi connectivity index (χ1v) is 11.0. The fraction of sp³-hybridized carbons (Fsp3) is 0.292. The molecule has 1 saturated carbocycles. The van der Waals surface area contributed by atoms with E-state index < -0.39 is 0 Å². The second-order valence-electron chi connectivity index (χ2n) is 7.10. The molecule has 0 atom stereocenters. The lowest BCUT2D eigenvalue weighted by atomic mass is 10.0. The summed E-state index contributed by atoms with van der Waals surface area (Å²) in [5, 5.41) is 7.98. The molecule has 3 rings (SSSR count). The van der Waals surface area contributed by atoms with Crippen molar-refractivity contribution in [3.63, 3.8) is 0 Å². The minimum atomic E-state index is -0.279. The second kappa shape index (κ2) is 11.5. The Balaban J connectivity index is 1.64. The van der Waals surface area contributed by atoms with Gasteiger partial charge in [-0.05, 0) is 50.0 Å². The molecule has 0 bridgehead atoms. The Kier molecular flexibility index (Phi) is 8.50. The summed E-state index contributed by atoms with van der Waals surface area (Å²) in [6.45, 7) is 1.93. The summed E-state index contributed by atoms with van der Waals surface area (Å²) in [6.07, 6.45) is 2.64. The number of benzene rings is 2. The van der Waals surface area contributed by atoms with E-state index in [2.05, 4.69) is 22.2 Å². The van der Waals surface area contributed by atoms with E-state index >= 15 is 0 Å². The molecule has 7 nitrogen and oxygen atoms in total. The molecule has 1 fully saturated rings. The fourth-order valence-electron chi connectivity index (χ4n) is 2.70. The second-order valence-corrected chi connectivity index (χ2v) is 8.55. The van der Waals surface area contributed by atoms with Gasteiger partial charge in [0.25, 0.3) is 5.91 Å². The van der Waals surface area contributed by atoms with Crippen molar-refractivity contribution in [1.29, 1.82) is 0 Å². The number of hydrogen-bond acceptors (Lipinski definition) is 6. The van der Waals surface area contributed by atoms with Gasteiger partial charge in [-0.1, -0.05) is 40.5 Å². The Morgan fingerprint density at radius 1 is 1.16 bits per heavy atom. The number of halogens is 1. The van der Waals surface area contributed by atoms with Crippen molar-refractivity contribution in [2.45, 2.75) is 32.5 Å². The number of carbonyl (C=O) groups excluding carboxylic acids is 1. The van der Waals surface area contributed by atoms with Gasteiger partial charge in [-0.2, -0.15) is 0 Å². The molecule has 1 amide bonds. The normalized spacial score (nSPS) is 13.6. The minimum Gasteiger partial charge on any atom is -0.490 e. The lowest BCUT2D eigenvalue weighted by Crippen LogP contribution is -2.27. The van der Waals surface area contributed by atoms with Crippen LogP contribution < -0.4 is 4.74 Å². The van der Waals surface area contributed by atoms with Crippen LogP contribution in [0.4, 0.5) is 0 Å². The van der Waals surface area contributed by atoms with Crippen LogP contribution in [0.3, 0.4) is 0 Å². The summed E-state index contributed by atoms with van der Waals surface area (Å²) in [4.78, 5) is 22.8. The summed E-state index contributed by atoms with van der Waals surface area (Å²) in [7, 11) is 3.05. The maximum atomic E-state index is 12.5. The van der Waals surface area contributed by atoms with Crippen molar-refractivity contribution in [3.05, 3.63) is 65.2 Å². The standard InChI is InChI=1S/C24H24IN3O4/c1-17(8-9-18-10-12-20(13-11-18)32-21-14-15-21)26-31-16-19-6-4-5-7-22(19)23(27-30-3)24(29)28(2)25/h4-7,10-13,21H,14-16H2,1-3H3/b26-17+,27-23+. The topological polar surface area (TPSA) is 72.7 Å². The molecule has 0 aliphatic heterocycles. The van der Waals surface area contributed by atoms with Crippen LogP contribution in [0.15, 0.2) is 58.8 Å². The molecule has 0 heterocycles. The highest BCUT2D eigenvalue weighted by Crippen LogP contribution is 2.26. The zero-order valence-electron chi connectivity index (χ0n) is 18.2. The predicted octanol–water partition coefficient (Wildman–Crippen LogP) is 4.33. The van der Waals surface area contributed by atoms with Gasteiger partial charge in [0.15, 0.2) is 5.71 Å². The molecule has 0 unspecified atom stereocenters. The zero-order chi connectivity index (χ0) is 22.9. The van der Waals surface area contributed by atoms with E-state index in [0.29, 0.717) is 17.4 Å². The average Bonchev–Trinajstić information content (AvgIpc) is 3.61. The van der Waals surface area contributed by atoms with E-state index in [9.17, 15) is 4.79 Å². The number of oxime groups is 2. The third-order valence-electron chi connectivity index (χ3n) is 4.43. The van der Waals surface area contributed by atoms with Gasteiger partial charge in [-0.25, -0.2) is 0 Å². The maximum Gasteiger partial charge on any atom is 0.284 e. The van der Waals surface area contributed by atoms with Crippen LogP contribution in [-0.2, 0) is 21.1 Å². The summed E-state index contributed by atoms with van der Waals surface area (Å²) >= 11 is 1.89. The van der Waals surface area contributed by atoms with Crippen LogP contribution in [0.2, 0.25) is 0 Å². The summed E-state index contributed by atoms with van der Waals surface area (Å²) in [5.41, 5.74) is 2.98. The Morgan fingerprint density at radius 3 is 2.53 bits per heavy atom. The monoisotopic (exact) mass is 545 g/mol. The number of rotatable bonds is 8. The SMILES string of the molecule is CO/N=C(/C(=O)N(C)I)c1ccccc1CO/N=C(\C)C#Cc1ccc(OC2CC2)cc1. The van der Waals surface area contributed by atoms with E-state index in [0.717, 1.165) is 29.7 Å². The quantitative estimate of drug-likeness (QED) is 0.163. The minimum absolute atomic E-state index is 0.156. The fourth-order valence-corrected chi connectivity index (χ4v) is 2.93. The average molecular weight is 545 g/mol. The molecule has 8 heteroatoms. The van der Waals surface area contributed by atoms with E-state index in [4.69, 9.17) is 14.4 Å². The predicted molar refractivity (Wildman–Crippen MR) is 132 cm³/mol. The van der Waals surface area contributed by atoms with E-state index in [1.165, 1.54) is 10.2 Å². The first-order valence-electron chi connectivity index (χ1n) is 10.1. The molecule has 2 aromatic rings. The van der Waals surface area contributed by atoms with Crippen LogP contribution in [0.5, 0.6) is 5.75 Å². The van der Waals surface area contributed by atoms with Crippen LogP contribution in [0.1, 0.15) is 36.5 Å². The summed E-state index contributed by atoms with van der Waals surface area (Å²) in [6, 6.07) is 15.0. The number of likely N-dealkylation sites (N-methyl/N-ethyl adjacent to an activating group) is 1. The van der Waals surface area contributed by atoms with Gasteiger partial charge in [0, 0.05) is 23.7 Å². The molecule has 166 valence electrons. The molecule has 0 aromatic heterocycles. The highest BCUT2D eigenvalue weighted by molar-refractivity contribution is 14.1. The van der Waals surface area contributed by atoms with Crippen molar-refractivity contribution in [2.24, 2.45) is 10.3 Å². The first kappa shape index (κ1) is 23.6. The molecular formula is C24H24IN3O4. The van der Waals surface area contributed by atoms with Crippen LogP contribution in [0, 0.1) is 11.8 Å². The summed E-state index contributed by atoms with van der Waals surface area (Å²) in [5.74, 6) is 6.63. The Labute approximate surface area is 201 Å². The number of nitrogens with zero attached hydrogens (tertiary/aromatic N) is 3. The van der Waals surface area contributed by atoms with Crippen LogP contribution in [0.25, 0.3) is 0 Å². The molecule has 0 radical (unpaired) electrons. The smallest absolute Gasteiger partial charge is 0.284 e. The van der Waals surface area contributed by atoms with Crippen molar-refractivity contribution in [3.8, 4) is 17.6 Å². The molecule has 32 heavy (non-hydrogen) atoms. The molecule has 0 N–H and O–H groups in total. The first-order chi connectivity index (χ1) is 15.5. The van der Waals surface area contributed by atoms with Gasteiger partial charge in [-0.3, -0.25) is 7.91 Å². The lowest BCUT2D eigenvalue weighted by Gasteiger charge is -2.13. The van der Waals surface area contributed by atoms with Gasteiger partial charge < -0.3 is 14.4 Å². The highest BCUT2D eigenvalue weighted by Gasteiger charge is 2.23. The summed E-state index contributed by atoms with van der Waals surface area (Å²) < 4.78 is 7.15. The van der Waals surface area contributed by atoms with Crippen molar-refractivity contribution in [2.75, 3.05) is 14.2 Å². The molecule has 1 aliphatic rings. The Morgan fingerprint density at radius 2 is 1.88 bits per heavy atom. The molecule has 0 spiro atoms. The molecule has 2 aromatic carbocycles. The van der Waals surface area contributed by atoms with Gasteiger partial charge in [0.2, 0.25) is 0 Å². The Bertz CT molecular complexity index is 1060. The van der Waals surface area contributed by atoms with Crippen molar-refractivity contribution < 1.29 is 19.2 Å².